The van der Waals surface area contributed by atoms with Crippen molar-refractivity contribution in [2.24, 2.45) is 5.73 Å². The summed E-state index contributed by atoms with van der Waals surface area (Å²) >= 11 is 0. The number of nitrogens with one attached hydrogen (secondary N) is 2. The SMILES string of the molecule is COc1cc(Nc2nc(-c3ccc(C(N)=O)cc3)cn3ccnc23)ccc1-c1ccn[nH]1. The van der Waals surface area contributed by atoms with E-state index < -0.39 is 5.91 Å². The first-order chi connectivity index (χ1) is 15.6. The third-order valence-corrected chi connectivity index (χ3v) is 5.09. The van der Waals surface area contributed by atoms with E-state index in [1.165, 1.54) is 0 Å². The van der Waals surface area contributed by atoms with Gasteiger partial charge in [-0.1, -0.05) is 12.1 Å². The number of anilines is 2. The molecule has 0 saturated heterocycles. The van der Waals surface area contributed by atoms with Crippen molar-refractivity contribution < 1.29 is 9.53 Å². The Balaban J connectivity index is 1.53. The number of imidazole rings is 1. The molecule has 5 rings (SSSR count). The lowest BCUT2D eigenvalue weighted by molar-refractivity contribution is 0.100. The zero-order chi connectivity index (χ0) is 22.1. The molecule has 0 saturated carbocycles. The minimum atomic E-state index is -0.468. The van der Waals surface area contributed by atoms with Gasteiger partial charge in [-0.2, -0.15) is 5.10 Å². The molecule has 0 atom stereocenters. The fourth-order valence-electron chi connectivity index (χ4n) is 3.49. The standard InChI is InChI=1S/C23H19N7O2/c1-32-20-12-16(6-7-17(20)18-8-9-26-29-18)27-22-23-25-10-11-30(23)13-19(28-22)14-2-4-15(5-3-14)21(24)31/h2-13H,1H3,(H2,24,31)(H,26,29)(H,27,28). The molecule has 158 valence electrons. The highest BCUT2D eigenvalue weighted by Crippen LogP contribution is 2.33. The lowest BCUT2D eigenvalue weighted by atomic mass is 10.1. The number of aromatic nitrogens is 5. The first kappa shape index (κ1) is 19.3. The topological polar surface area (TPSA) is 123 Å². The largest absolute Gasteiger partial charge is 0.496 e. The second-order valence-corrected chi connectivity index (χ2v) is 7.08. The van der Waals surface area contributed by atoms with Crippen LogP contribution in [-0.2, 0) is 0 Å². The summed E-state index contributed by atoms with van der Waals surface area (Å²) in [6.45, 7) is 0. The third-order valence-electron chi connectivity index (χ3n) is 5.09. The van der Waals surface area contributed by atoms with Crippen molar-refractivity contribution >= 4 is 23.1 Å². The van der Waals surface area contributed by atoms with Crippen LogP contribution in [0.1, 0.15) is 10.4 Å². The highest BCUT2D eigenvalue weighted by Gasteiger charge is 2.13. The second-order valence-electron chi connectivity index (χ2n) is 7.08. The highest BCUT2D eigenvalue weighted by atomic mass is 16.5. The fraction of sp³-hybridized carbons (Fsp3) is 0.0435. The Hall–Kier alpha value is -4.66. The normalized spacial score (nSPS) is 10.9. The molecule has 0 spiro atoms. The van der Waals surface area contributed by atoms with Gasteiger partial charge in [0.15, 0.2) is 11.5 Å². The summed E-state index contributed by atoms with van der Waals surface area (Å²) in [4.78, 5) is 20.6. The zero-order valence-corrected chi connectivity index (χ0v) is 17.1. The number of carbonyl (C=O) groups is 1. The van der Waals surface area contributed by atoms with Crippen molar-refractivity contribution in [1.82, 2.24) is 24.6 Å². The van der Waals surface area contributed by atoms with Gasteiger partial charge in [-0.15, -0.1) is 0 Å². The van der Waals surface area contributed by atoms with E-state index in [0.717, 1.165) is 28.2 Å². The van der Waals surface area contributed by atoms with E-state index in [4.69, 9.17) is 15.5 Å². The molecule has 5 aromatic rings. The summed E-state index contributed by atoms with van der Waals surface area (Å²) in [7, 11) is 1.63. The van der Waals surface area contributed by atoms with Crippen LogP contribution in [0.2, 0.25) is 0 Å². The quantitative estimate of drug-likeness (QED) is 0.382. The van der Waals surface area contributed by atoms with Crippen LogP contribution in [0.4, 0.5) is 11.5 Å². The van der Waals surface area contributed by atoms with Gasteiger partial charge in [-0.3, -0.25) is 9.89 Å². The van der Waals surface area contributed by atoms with Gasteiger partial charge in [-0.05, 0) is 30.3 Å². The average molecular weight is 425 g/mol. The number of nitrogens with zero attached hydrogens (tertiary/aromatic N) is 4. The van der Waals surface area contributed by atoms with Crippen LogP contribution in [0.5, 0.6) is 5.75 Å². The maximum Gasteiger partial charge on any atom is 0.248 e. The summed E-state index contributed by atoms with van der Waals surface area (Å²) in [6, 6.07) is 14.7. The number of amides is 1. The van der Waals surface area contributed by atoms with Gasteiger partial charge in [0, 0.05) is 53.2 Å². The molecule has 0 fully saturated rings. The molecule has 4 N–H and O–H groups in total. The van der Waals surface area contributed by atoms with Crippen LogP contribution in [-0.4, -0.2) is 37.6 Å². The van der Waals surface area contributed by atoms with E-state index in [1.54, 1.807) is 31.6 Å². The van der Waals surface area contributed by atoms with E-state index in [1.807, 2.05) is 53.2 Å². The molecular formula is C23H19N7O2. The molecule has 0 aliphatic heterocycles. The zero-order valence-electron chi connectivity index (χ0n) is 17.1. The summed E-state index contributed by atoms with van der Waals surface area (Å²) < 4.78 is 7.47. The van der Waals surface area contributed by atoms with Gasteiger partial charge in [0.05, 0.1) is 18.5 Å². The number of aromatic amines is 1. The van der Waals surface area contributed by atoms with E-state index in [-0.39, 0.29) is 0 Å². The molecular weight excluding hydrogens is 406 g/mol. The first-order valence-corrected chi connectivity index (χ1v) is 9.81. The van der Waals surface area contributed by atoms with Gasteiger partial charge >= 0.3 is 0 Å². The van der Waals surface area contributed by atoms with Gasteiger partial charge in [0.25, 0.3) is 0 Å². The molecule has 9 nitrogen and oxygen atoms in total. The number of methoxy groups -OCH3 is 1. The second kappa shape index (κ2) is 7.88. The summed E-state index contributed by atoms with van der Waals surface area (Å²) in [5.41, 5.74) is 10.6. The van der Waals surface area contributed by atoms with Crippen molar-refractivity contribution in [2.75, 3.05) is 12.4 Å². The summed E-state index contributed by atoms with van der Waals surface area (Å²) in [5, 5.41) is 10.3. The van der Waals surface area contributed by atoms with Crippen molar-refractivity contribution in [2.45, 2.75) is 0 Å². The smallest absolute Gasteiger partial charge is 0.248 e. The van der Waals surface area contributed by atoms with Crippen LogP contribution in [0.3, 0.4) is 0 Å². The molecule has 3 aromatic heterocycles. The minimum Gasteiger partial charge on any atom is -0.496 e. The number of H-pyrrole nitrogens is 1. The average Bonchev–Trinajstić information content (AvgIpc) is 3.51. The Morgan fingerprint density at radius 2 is 1.97 bits per heavy atom. The van der Waals surface area contributed by atoms with E-state index in [0.29, 0.717) is 22.8 Å². The Kier molecular flexibility index (Phi) is 4.75. The number of benzene rings is 2. The Morgan fingerprint density at radius 1 is 1.12 bits per heavy atom. The molecule has 0 aliphatic carbocycles. The fourth-order valence-corrected chi connectivity index (χ4v) is 3.49. The molecule has 0 radical (unpaired) electrons. The maximum absolute atomic E-state index is 11.4. The van der Waals surface area contributed by atoms with Gasteiger partial charge in [0.1, 0.15) is 5.75 Å². The number of fused-ring (bicyclic) bond motifs is 1. The molecule has 3 heterocycles. The summed E-state index contributed by atoms with van der Waals surface area (Å²) in [5.74, 6) is 0.809. The number of carbonyl (C=O) groups excluding carboxylic acids is 1. The minimum absolute atomic E-state index is 0.445. The monoisotopic (exact) mass is 425 g/mol. The first-order valence-electron chi connectivity index (χ1n) is 9.81. The lowest BCUT2D eigenvalue weighted by Gasteiger charge is -2.13. The molecule has 1 amide bonds. The van der Waals surface area contributed by atoms with Gasteiger partial charge in [-0.25, -0.2) is 9.97 Å². The number of rotatable bonds is 6. The Labute approximate surface area is 182 Å². The van der Waals surface area contributed by atoms with E-state index >= 15 is 0 Å². The Bertz CT molecular complexity index is 1410. The molecule has 0 unspecified atom stereocenters. The lowest BCUT2D eigenvalue weighted by Crippen LogP contribution is -2.10. The van der Waals surface area contributed by atoms with Crippen molar-refractivity contribution in [1.29, 1.82) is 0 Å². The maximum atomic E-state index is 11.4. The number of hydrogen-bond donors (Lipinski definition) is 3. The highest BCUT2D eigenvalue weighted by molar-refractivity contribution is 5.93. The van der Waals surface area contributed by atoms with Crippen LogP contribution < -0.4 is 15.8 Å². The molecule has 2 aromatic carbocycles. The van der Waals surface area contributed by atoms with Crippen molar-refractivity contribution in [3.8, 4) is 28.3 Å². The third kappa shape index (κ3) is 3.52. The molecule has 0 aliphatic rings. The number of ether oxygens (including phenoxy) is 1. The van der Waals surface area contributed by atoms with Crippen LogP contribution in [0, 0.1) is 0 Å². The Morgan fingerprint density at radius 3 is 2.69 bits per heavy atom. The molecule has 9 heteroatoms. The molecule has 0 bridgehead atoms. The number of hydrogen-bond acceptors (Lipinski definition) is 6. The van der Waals surface area contributed by atoms with Crippen molar-refractivity contribution in [3.63, 3.8) is 0 Å². The van der Waals surface area contributed by atoms with Crippen LogP contribution in [0.15, 0.2) is 73.3 Å². The molecule has 32 heavy (non-hydrogen) atoms. The summed E-state index contributed by atoms with van der Waals surface area (Å²) in [6.07, 6.45) is 7.14. The van der Waals surface area contributed by atoms with Crippen LogP contribution >= 0.6 is 0 Å². The number of nitrogens with two attached hydrogens (primary N) is 1. The van der Waals surface area contributed by atoms with Crippen LogP contribution in [0.25, 0.3) is 28.2 Å². The van der Waals surface area contributed by atoms with Gasteiger partial charge in [0.2, 0.25) is 5.91 Å². The van der Waals surface area contributed by atoms with E-state index in [2.05, 4.69) is 20.5 Å². The van der Waals surface area contributed by atoms with Gasteiger partial charge < -0.3 is 20.2 Å². The van der Waals surface area contributed by atoms with Crippen molar-refractivity contribution in [3.05, 3.63) is 78.9 Å². The predicted molar refractivity (Wildman–Crippen MR) is 121 cm³/mol. The van der Waals surface area contributed by atoms with E-state index in [9.17, 15) is 4.79 Å². The predicted octanol–water partition coefficient (Wildman–Crippen LogP) is 3.64. The number of primary amides is 1.